The van der Waals surface area contributed by atoms with Crippen LogP contribution in [0.15, 0.2) is 24.5 Å². The van der Waals surface area contributed by atoms with E-state index in [0.717, 1.165) is 5.56 Å². The summed E-state index contributed by atoms with van der Waals surface area (Å²) < 4.78 is 22.3. The summed E-state index contributed by atoms with van der Waals surface area (Å²) in [7, 11) is -2.86. The average Bonchev–Trinajstić information content (AvgIpc) is 2.15. The first-order valence-corrected chi connectivity index (χ1v) is 6.21. The topological polar surface area (TPSA) is 73.0 Å². The van der Waals surface area contributed by atoms with E-state index in [1.54, 1.807) is 18.5 Å². The molecule has 1 aliphatic heterocycles. The van der Waals surface area contributed by atoms with Crippen molar-refractivity contribution in [3.8, 4) is 0 Å². The highest BCUT2D eigenvalue weighted by atomic mass is 32.2. The lowest BCUT2D eigenvalue weighted by atomic mass is 9.84. The van der Waals surface area contributed by atoms with E-state index in [-0.39, 0.29) is 16.9 Å². The van der Waals surface area contributed by atoms with Gasteiger partial charge in [0.05, 0.1) is 11.5 Å². The van der Waals surface area contributed by atoms with E-state index in [2.05, 4.69) is 4.98 Å². The maximum absolute atomic E-state index is 11.2. The van der Waals surface area contributed by atoms with Crippen LogP contribution in [0.3, 0.4) is 0 Å². The average molecular weight is 212 g/mol. The van der Waals surface area contributed by atoms with E-state index in [1.807, 2.05) is 6.07 Å². The van der Waals surface area contributed by atoms with Gasteiger partial charge in [-0.15, -0.1) is 0 Å². The van der Waals surface area contributed by atoms with Crippen LogP contribution in [-0.4, -0.2) is 31.5 Å². The summed E-state index contributed by atoms with van der Waals surface area (Å²) in [6, 6.07) is 3.69. The van der Waals surface area contributed by atoms with Gasteiger partial charge in [0.15, 0.2) is 9.84 Å². The zero-order chi connectivity index (χ0) is 10.2. The van der Waals surface area contributed by atoms with Crippen molar-refractivity contribution in [1.29, 1.82) is 0 Å². The van der Waals surface area contributed by atoms with Crippen LogP contribution in [0, 0.1) is 0 Å². The van der Waals surface area contributed by atoms with Gasteiger partial charge in [-0.3, -0.25) is 4.98 Å². The van der Waals surface area contributed by atoms with Gasteiger partial charge in [-0.2, -0.15) is 0 Å². The molecule has 0 unspecified atom stereocenters. The Morgan fingerprint density at radius 2 is 2.21 bits per heavy atom. The summed E-state index contributed by atoms with van der Waals surface area (Å²) in [6.45, 7) is 0.359. The van der Waals surface area contributed by atoms with Gasteiger partial charge in [-0.05, 0) is 11.6 Å². The van der Waals surface area contributed by atoms with E-state index in [4.69, 9.17) is 5.73 Å². The normalized spacial score (nSPS) is 22.6. The number of rotatable bonds is 2. The number of nitrogens with two attached hydrogens (primary N) is 1. The van der Waals surface area contributed by atoms with Crippen LogP contribution in [0.4, 0.5) is 0 Å². The van der Waals surface area contributed by atoms with Gasteiger partial charge < -0.3 is 5.73 Å². The molecule has 5 heteroatoms. The Kier molecular flexibility index (Phi) is 2.08. The number of hydrogen-bond donors (Lipinski definition) is 1. The second-order valence-corrected chi connectivity index (χ2v) is 5.82. The molecule has 1 aromatic heterocycles. The van der Waals surface area contributed by atoms with Crippen molar-refractivity contribution in [2.45, 2.75) is 5.41 Å². The number of pyridine rings is 1. The second-order valence-electron chi connectivity index (χ2n) is 3.76. The van der Waals surface area contributed by atoms with Crippen LogP contribution in [0.1, 0.15) is 5.56 Å². The maximum Gasteiger partial charge on any atom is 0.152 e. The molecule has 4 nitrogen and oxygen atoms in total. The van der Waals surface area contributed by atoms with Crippen LogP contribution in [0.25, 0.3) is 0 Å². The zero-order valence-corrected chi connectivity index (χ0v) is 8.50. The molecule has 0 spiro atoms. The molecule has 0 saturated carbocycles. The Balaban J connectivity index is 2.34. The fourth-order valence-electron chi connectivity index (χ4n) is 1.88. The Labute approximate surface area is 83.1 Å². The molecule has 0 amide bonds. The van der Waals surface area contributed by atoms with Gasteiger partial charge in [0.2, 0.25) is 0 Å². The number of sulfone groups is 1. The smallest absolute Gasteiger partial charge is 0.152 e. The van der Waals surface area contributed by atoms with E-state index >= 15 is 0 Å². The molecule has 0 atom stereocenters. The van der Waals surface area contributed by atoms with Gasteiger partial charge in [0.25, 0.3) is 0 Å². The summed E-state index contributed by atoms with van der Waals surface area (Å²) >= 11 is 0. The molecule has 2 N–H and O–H groups in total. The molecular weight excluding hydrogens is 200 g/mol. The lowest BCUT2D eigenvalue weighted by Gasteiger charge is -2.40. The minimum Gasteiger partial charge on any atom is -0.330 e. The molecule has 0 aromatic carbocycles. The number of aromatic nitrogens is 1. The highest BCUT2D eigenvalue weighted by Crippen LogP contribution is 2.35. The highest BCUT2D eigenvalue weighted by Gasteiger charge is 2.48. The van der Waals surface area contributed by atoms with Crippen LogP contribution >= 0.6 is 0 Å². The first-order valence-electron chi connectivity index (χ1n) is 4.39. The van der Waals surface area contributed by atoms with E-state index < -0.39 is 9.84 Å². The molecule has 1 saturated heterocycles. The largest absolute Gasteiger partial charge is 0.330 e. The minimum absolute atomic E-state index is 0.155. The van der Waals surface area contributed by atoms with Gasteiger partial charge in [-0.1, -0.05) is 6.07 Å². The van der Waals surface area contributed by atoms with E-state index in [9.17, 15) is 8.42 Å². The van der Waals surface area contributed by atoms with Crippen molar-refractivity contribution >= 4 is 9.84 Å². The standard InChI is InChI=1S/C9H12N2O2S/c10-5-9(6-14(12,13)7-9)8-2-1-3-11-4-8/h1-4H,5-7,10H2. The molecule has 0 bridgehead atoms. The van der Waals surface area contributed by atoms with Crippen molar-refractivity contribution in [3.63, 3.8) is 0 Å². The Morgan fingerprint density at radius 1 is 1.50 bits per heavy atom. The monoisotopic (exact) mass is 212 g/mol. The quantitative estimate of drug-likeness (QED) is 0.731. The van der Waals surface area contributed by atoms with Gasteiger partial charge in [-0.25, -0.2) is 8.42 Å². The lowest BCUT2D eigenvalue weighted by molar-refractivity contribution is 0.464. The molecule has 1 aliphatic rings. The summed E-state index contributed by atoms with van der Waals surface area (Å²) in [5.74, 6) is 0.310. The summed E-state index contributed by atoms with van der Waals surface area (Å²) in [4.78, 5) is 3.98. The number of hydrogen-bond acceptors (Lipinski definition) is 4. The first-order chi connectivity index (χ1) is 6.58. The first kappa shape index (κ1) is 9.61. The van der Waals surface area contributed by atoms with Crippen molar-refractivity contribution < 1.29 is 8.42 Å². The maximum atomic E-state index is 11.2. The molecule has 1 fully saturated rings. The van der Waals surface area contributed by atoms with E-state index in [0.29, 0.717) is 6.54 Å². The summed E-state index contributed by atoms with van der Waals surface area (Å²) in [6.07, 6.45) is 3.36. The van der Waals surface area contributed by atoms with Crippen molar-refractivity contribution in [1.82, 2.24) is 4.98 Å². The third kappa shape index (κ3) is 1.42. The lowest BCUT2D eigenvalue weighted by Crippen LogP contribution is -2.56. The zero-order valence-electron chi connectivity index (χ0n) is 7.68. The third-order valence-electron chi connectivity index (χ3n) is 2.66. The summed E-state index contributed by atoms with van der Waals surface area (Å²) in [5, 5.41) is 0. The SMILES string of the molecule is NCC1(c2cccnc2)CS(=O)(=O)C1. The molecule has 76 valence electrons. The molecule has 2 heterocycles. The van der Waals surface area contributed by atoms with E-state index in [1.165, 1.54) is 0 Å². The molecule has 14 heavy (non-hydrogen) atoms. The third-order valence-corrected chi connectivity index (χ3v) is 4.64. The predicted molar refractivity (Wildman–Crippen MR) is 53.6 cm³/mol. The summed E-state index contributed by atoms with van der Waals surface area (Å²) in [5.41, 5.74) is 6.18. The molecular formula is C9H12N2O2S. The van der Waals surface area contributed by atoms with Crippen molar-refractivity contribution in [2.24, 2.45) is 5.73 Å². The highest BCUT2D eigenvalue weighted by molar-refractivity contribution is 7.93. The Morgan fingerprint density at radius 3 is 2.64 bits per heavy atom. The van der Waals surface area contributed by atoms with Crippen LogP contribution < -0.4 is 5.73 Å². The fourth-order valence-corrected chi connectivity index (χ4v) is 4.05. The number of nitrogens with zero attached hydrogens (tertiary/aromatic N) is 1. The minimum atomic E-state index is -2.86. The second kappa shape index (κ2) is 3.03. The van der Waals surface area contributed by atoms with Crippen LogP contribution in [-0.2, 0) is 15.3 Å². The van der Waals surface area contributed by atoms with Gasteiger partial charge in [0, 0.05) is 24.4 Å². The van der Waals surface area contributed by atoms with Crippen LogP contribution in [0.5, 0.6) is 0 Å². The molecule has 1 aromatic rings. The molecule has 0 aliphatic carbocycles. The van der Waals surface area contributed by atoms with Crippen LogP contribution in [0.2, 0.25) is 0 Å². The van der Waals surface area contributed by atoms with Crippen molar-refractivity contribution in [3.05, 3.63) is 30.1 Å². The Bertz CT molecular complexity index is 415. The Hall–Kier alpha value is -0.940. The van der Waals surface area contributed by atoms with Gasteiger partial charge in [0.1, 0.15) is 0 Å². The van der Waals surface area contributed by atoms with Crippen molar-refractivity contribution in [2.75, 3.05) is 18.1 Å². The predicted octanol–water partition coefficient (Wildman–Crippen LogP) is -0.293. The molecule has 2 rings (SSSR count). The van der Waals surface area contributed by atoms with Gasteiger partial charge >= 0.3 is 0 Å². The molecule has 0 radical (unpaired) electrons. The fraction of sp³-hybridized carbons (Fsp3) is 0.444.